The Morgan fingerprint density at radius 2 is 1.89 bits per heavy atom. The van der Waals surface area contributed by atoms with Gasteiger partial charge in [0.05, 0.1) is 0 Å². The second-order valence-electron chi connectivity index (χ2n) is 4.67. The Labute approximate surface area is 113 Å². The highest BCUT2D eigenvalue weighted by Gasteiger charge is 2.46. The summed E-state index contributed by atoms with van der Waals surface area (Å²) in [5.41, 5.74) is 1.10. The fraction of sp³-hybridized carbons (Fsp3) is 0.833. The van der Waals surface area contributed by atoms with Crippen molar-refractivity contribution in [2.75, 3.05) is 20.8 Å². The Hall–Kier alpha value is -0.373. The van der Waals surface area contributed by atoms with E-state index in [1.807, 2.05) is 11.5 Å². The number of piperidine rings is 1. The van der Waals surface area contributed by atoms with E-state index in [1.165, 1.54) is 14.2 Å². The summed E-state index contributed by atoms with van der Waals surface area (Å²) in [6.07, 6.45) is -0.146. The van der Waals surface area contributed by atoms with Gasteiger partial charge in [0, 0.05) is 26.3 Å². The van der Waals surface area contributed by atoms with Gasteiger partial charge in [0.1, 0.15) is 0 Å². The van der Waals surface area contributed by atoms with Gasteiger partial charge in [-0.05, 0) is 31.5 Å². The van der Waals surface area contributed by atoms with Crippen LogP contribution in [0.1, 0.15) is 32.6 Å². The first-order chi connectivity index (χ1) is 8.88. The zero-order chi connectivity index (χ0) is 14.5. The van der Waals surface area contributed by atoms with E-state index in [-0.39, 0.29) is 12.1 Å². The molecule has 112 valence electrons. The minimum absolute atomic E-state index is 0.234. The maximum absolute atomic E-state index is 12.4. The van der Waals surface area contributed by atoms with Gasteiger partial charge in [-0.1, -0.05) is 13.3 Å². The van der Waals surface area contributed by atoms with Gasteiger partial charge in [-0.15, -0.1) is 0 Å². The molecular weight excluding hydrogens is 275 g/mol. The summed E-state index contributed by atoms with van der Waals surface area (Å²) >= 11 is 0. The van der Waals surface area contributed by atoms with Gasteiger partial charge in [0.2, 0.25) is 0 Å². The summed E-state index contributed by atoms with van der Waals surface area (Å²) in [6, 6.07) is 0.234. The Morgan fingerprint density at radius 3 is 2.37 bits per heavy atom. The van der Waals surface area contributed by atoms with Gasteiger partial charge in [-0.25, -0.2) is 0 Å². The fourth-order valence-electron chi connectivity index (χ4n) is 2.58. The Kier molecular flexibility index (Phi) is 6.03. The van der Waals surface area contributed by atoms with Crippen molar-refractivity contribution in [3.8, 4) is 0 Å². The lowest BCUT2D eigenvalue weighted by Gasteiger charge is -2.43. The number of hydrogen-bond donors (Lipinski definition) is 0. The molecule has 0 N–H and O–H groups in total. The normalized spacial score (nSPS) is 23.2. The molecule has 1 aliphatic heterocycles. The first-order valence-corrected chi connectivity index (χ1v) is 8.37. The number of hydrogen-bond acceptors (Lipinski definition) is 3. The van der Waals surface area contributed by atoms with Crippen molar-refractivity contribution in [3.05, 3.63) is 11.8 Å². The summed E-state index contributed by atoms with van der Waals surface area (Å²) in [5.74, 6) is 0. The topological polar surface area (TPSA) is 21.7 Å². The SMILES string of the molecule is CCC1CCCCN1[Si](C=CC(F)(F)F)(OC)OC. The standard InChI is InChI=1S/C12H22F3NO2Si/c1-4-11-7-5-6-9-16(11)19(17-2,18-3)10-8-12(13,14)15/h8,10-11H,4-7,9H2,1-3H3. The molecule has 0 amide bonds. The third-order valence-corrected chi connectivity index (χ3v) is 6.71. The first-order valence-electron chi connectivity index (χ1n) is 6.52. The average Bonchev–Trinajstić information content (AvgIpc) is 2.40. The second kappa shape index (κ2) is 6.87. The summed E-state index contributed by atoms with van der Waals surface area (Å²) < 4.78 is 50.1. The summed E-state index contributed by atoms with van der Waals surface area (Å²) in [7, 11) is -0.247. The van der Waals surface area contributed by atoms with Crippen molar-refractivity contribution >= 4 is 8.72 Å². The van der Waals surface area contributed by atoms with Crippen LogP contribution in [0.5, 0.6) is 0 Å². The lowest BCUT2D eigenvalue weighted by Crippen LogP contribution is -2.61. The highest BCUT2D eigenvalue weighted by Crippen LogP contribution is 2.28. The van der Waals surface area contributed by atoms with Crippen molar-refractivity contribution < 1.29 is 22.0 Å². The van der Waals surface area contributed by atoms with Gasteiger partial charge in [0.15, 0.2) is 0 Å². The van der Waals surface area contributed by atoms with Crippen LogP contribution in [0.2, 0.25) is 0 Å². The van der Waals surface area contributed by atoms with Gasteiger partial charge in [-0.2, -0.15) is 13.2 Å². The smallest absolute Gasteiger partial charge is 0.383 e. The van der Waals surface area contributed by atoms with Gasteiger partial charge in [-0.3, -0.25) is 4.57 Å². The maximum atomic E-state index is 12.4. The number of allylic oxidation sites excluding steroid dienone is 1. The summed E-state index contributed by atoms with van der Waals surface area (Å²) in [4.78, 5) is 0. The number of alkyl halides is 3. The molecule has 0 aromatic rings. The molecule has 0 aromatic heterocycles. The molecule has 1 saturated heterocycles. The molecule has 0 saturated carbocycles. The Balaban J connectivity index is 2.99. The third-order valence-electron chi connectivity index (χ3n) is 3.57. The van der Waals surface area contributed by atoms with Crippen LogP contribution in [0.25, 0.3) is 0 Å². The third kappa shape index (κ3) is 4.30. The van der Waals surface area contributed by atoms with Gasteiger partial charge >= 0.3 is 14.9 Å². The van der Waals surface area contributed by atoms with E-state index in [1.54, 1.807) is 0 Å². The zero-order valence-corrected chi connectivity index (χ0v) is 12.7. The lowest BCUT2D eigenvalue weighted by atomic mass is 10.0. The molecule has 3 nitrogen and oxygen atoms in total. The van der Waals surface area contributed by atoms with Crippen LogP contribution in [0.15, 0.2) is 11.8 Å². The molecule has 1 fully saturated rings. The van der Waals surface area contributed by atoms with E-state index in [0.29, 0.717) is 0 Å². The van der Waals surface area contributed by atoms with Crippen molar-refractivity contribution in [1.29, 1.82) is 0 Å². The number of nitrogens with zero attached hydrogens (tertiary/aromatic N) is 1. The van der Waals surface area contributed by atoms with Crippen LogP contribution in [-0.4, -0.2) is 46.3 Å². The molecular formula is C12H22F3NO2Si. The van der Waals surface area contributed by atoms with Crippen LogP contribution >= 0.6 is 0 Å². The molecule has 1 rings (SSSR count). The van der Waals surface area contributed by atoms with E-state index in [4.69, 9.17) is 8.85 Å². The molecule has 0 bridgehead atoms. The van der Waals surface area contributed by atoms with Crippen LogP contribution < -0.4 is 0 Å². The van der Waals surface area contributed by atoms with Crippen molar-refractivity contribution in [2.45, 2.75) is 44.8 Å². The molecule has 1 atom stereocenters. The van der Waals surface area contributed by atoms with E-state index >= 15 is 0 Å². The van der Waals surface area contributed by atoms with Crippen molar-refractivity contribution in [3.63, 3.8) is 0 Å². The average molecular weight is 297 g/mol. The highest BCUT2D eigenvalue weighted by atomic mass is 28.4. The van der Waals surface area contributed by atoms with E-state index in [9.17, 15) is 13.2 Å². The molecule has 19 heavy (non-hydrogen) atoms. The minimum atomic E-state index is -4.34. The monoisotopic (exact) mass is 297 g/mol. The van der Waals surface area contributed by atoms with E-state index < -0.39 is 14.9 Å². The maximum Gasteiger partial charge on any atom is 0.455 e. The van der Waals surface area contributed by atoms with Crippen LogP contribution in [-0.2, 0) is 8.85 Å². The molecule has 0 aliphatic carbocycles. The summed E-state index contributed by atoms with van der Waals surface area (Å²) in [5, 5.41) is 0. The predicted octanol–water partition coefficient (Wildman–Crippen LogP) is 3.14. The molecule has 0 aromatic carbocycles. The largest absolute Gasteiger partial charge is 0.455 e. The molecule has 1 unspecified atom stereocenters. The second-order valence-corrected chi connectivity index (χ2v) is 7.65. The lowest BCUT2D eigenvalue weighted by molar-refractivity contribution is -0.0800. The summed E-state index contributed by atoms with van der Waals surface area (Å²) in [6.45, 7) is 2.77. The van der Waals surface area contributed by atoms with Gasteiger partial charge < -0.3 is 8.85 Å². The van der Waals surface area contributed by atoms with Crippen LogP contribution in [0.4, 0.5) is 13.2 Å². The van der Waals surface area contributed by atoms with Crippen LogP contribution in [0, 0.1) is 0 Å². The van der Waals surface area contributed by atoms with Crippen LogP contribution in [0.3, 0.4) is 0 Å². The first kappa shape index (κ1) is 16.7. The molecule has 1 heterocycles. The highest BCUT2D eigenvalue weighted by molar-refractivity contribution is 6.69. The number of rotatable bonds is 5. The predicted molar refractivity (Wildman–Crippen MR) is 69.6 cm³/mol. The zero-order valence-electron chi connectivity index (χ0n) is 11.7. The number of halogens is 3. The molecule has 1 aliphatic rings. The fourth-order valence-corrected chi connectivity index (χ4v) is 5.37. The molecule has 0 spiro atoms. The van der Waals surface area contributed by atoms with E-state index in [2.05, 4.69) is 0 Å². The Morgan fingerprint density at radius 1 is 1.26 bits per heavy atom. The van der Waals surface area contributed by atoms with Gasteiger partial charge in [0.25, 0.3) is 0 Å². The quantitative estimate of drug-likeness (QED) is 0.728. The van der Waals surface area contributed by atoms with Crippen molar-refractivity contribution in [1.82, 2.24) is 4.57 Å². The van der Waals surface area contributed by atoms with Crippen molar-refractivity contribution in [2.24, 2.45) is 0 Å². The minimum Gasteiger partial charge on any atom is -0.383 e. The molecule has 7 heteroatoms. The Bertz CT molecular complexity index is 306. The van der Waals surface area contributed by atoms with E-state index in [0.717, 1.165) is 37.9 Å². The molecule has 0 radical (unpaired) electrons.